The summed E-state index contributed by atoms with van der Waals surface area (Å²) in [6, 6.07) is 9.18. The topological polar surface area (TPSA) is 97.2 Å². The number of amides is 2. The highest BCUT2D eigenvalue weighted by atomic mass is 16.6. The maximum absolute atomic E-state index is 11.8. The molecule has 0 aliphatic rings. The van der Waals surface area contributed by atoms with Crippen LogP contribution in [-0.4, -0.2) is 15.9 Å². The van der Waals surface area contributed by atoms with E-state index in [0.717, 1.165) is 0 Å². The lowest BCUT2D eigenvalue weighted by atomic mass is 10.1. The van der Waals surface area contributed by atoms with Crippen LogP contribution >= 0.6 is 0 Å². The molecule has 0 saturated heterocycles. The fraction of sp³-hybridized carbons (Fsp3) is 0.143. The number of pyridine rings is 1. The van der Waals surface area contributed by atoms with Gasteiger partial charge in [-0.05, 0) is 30.7 Å². The first kappa shape index (κ1) is 14.4. The predicted octanol–water partition coefficient (Wildman–Crippen LogP) is 3.20. The molecule has 0 spiro atoms. The Labute approximate surface area is 121 Å². The Morgan fingerprint density at radius 3 is 2.71 bits per heavy atom. The normalized spacial score (nSPS) is 9.95. The number of nitrogens with one attached hydrogen (secondary N) is 2. The van der Waals surface area contributed by atoms with Gasteiger partial charge in [-0.15, -0.1) is 0 Å². The zero-order chi connectivity index (χ0) is 15.2. The minimum atomic E-state index is -0.454. The van der Waals surface area contributed by atoms with E-state index in [-0.39, 0.29) is 5.69 Å². The molecule has 21 heavy (non-hydrogen) atoms. The molecule has 0 bridgehead atoms. The van der Waals surface area contributed by atoms with Crippen LogP contribution < -0.4 is 10.6 Å². The number of hydrogen-bond acceptors (Lipinski definition) is 4. The van der Waals surface area contributed by atoms with Crippen molar-refractivity contribution in [2.24, 2.45) is 0 Å². The van der Waals surface area contributed by atoms with Gasteiger partial charge in [0.05, 0.1) is 4.92 Å². The van der Waals surface area contributed by atoms with Crippen LogP contribution in [0.15, 0.2) is 42.6 Å². The van der Waals surface area contributed by atoms with Crippen LogP contribution in [0.2, 0.25) is 0 Å². The summed E-state index contributed by atoms with van der Waals surface area (Å²) in [5, 5.41) is 16.0. The van der Waals surface area contributed by atoms with Gasteiger partial charge in [-0.25, -0.2) is 9.78 Å². The van der Waals surface area contributed by atoms with Crippen molar-refractivity contribution >= 4 is 23.2 Å². The first-order chi connectivity index (χ1) is 10.1. The van der Waals surface area contributed by atoms with Gasteiger partial charge in [-0.3, -0.25) is 15.4 Å². The van der Waals surface area contributed by atoms with Crippen molar-refractivity contribution in [3.63, 3.8) is 0 Å². The summed E-state index contributed by atoms with van der Waals surface area (Å²) in [6.07, 6.45) is 2.07. The molecule has 1 heterocycles. The van der Waals surface area contributed by atoms with E-state index in [1.54, 1.807) is 30.5 Å². The van der Waals surface area contributed by atoms with E-state index in [0.29, 0.717) is 23.5 Å². The summed E-state index contributed by atoms with van der Waals surface area (Å²) < 4.78 is 0. The Morgan fingerprint density at radius 1 is 1.29 bits per heavy atom. The zero-order valence-electron chi connectivity index (χ0n) is 11.4. The summed E-state index contributed by atoms with van der Waals surface area (Å²) in [4.78, 5) is 26.2. The smallest absolute Gasteiger partial charge is 0.308 e. The molecule has 108 valence electrons. The average Bonchev–Trinajstić information content (AvgIpc) is 2.47. The molecule has 0 unspecified atom stereocenters. The summed E-state index contributed by atoms with van der Waals surface area (Å²) in [7, 11) is 0. The van der Waals surface area contributed by atoms with Crippen molar-refractivity contribution in [1.29, 1.82) is 0 Å². The second-order valence-electron chi connectivity index (χ2n) is 4.25. The molecule has 0 fully saturated rings. The lowest BCUT2D eigenvalue weighted by Gasteiger charge is -2.08. The molecule has 2 aromatic rings. The Kier molecular flexibility index (Phi) is 4.45. The Balaban J connectivity index is 2.09. The highest BCUT2D eigenvalue weighted by Gasteiger charge is 2.13. The maximum atomic E-state index is 11.8. The number of carbonyl (C=O) groups excluding carboxylic acids is 1. The molecule has 0 aliphatic heterocycles. The first-order valence-corrected chi connectivity index (χ1v) is 6.36. The number of rotatable bonds is 4. The number of hydrogen-bond donors (Lipinski definition) is 2. The van der Waals surface area contributed by atoms with E-state index in [9.17, 15) is 14.9 Å². The average molecular weight is 286 g/mol. The maximum Gasteiger partial charge on any atom is 0.324 e. The number of nitro benzene ring substituents is 1. The number of aromatic nitrogens is 1. The van der Waals surface area contributed by atoms with E-state index in [2.05, 4.69) is 15.6 Å². The number of nitro groups is 1. The third-order valence-electron chi connectivity index (χ3n) is 2.82. The standard InChI is InChI=1S/C14H14N4O3/c1-2-10-9-11(6-7-12(10)18(20)21)16-14(19)17-13-5-3-4-8-15-13/h3-9H,2H2,1H3,(H2,15,16,17,19). The second-order valence-corrected chi connectivity index (χ2v) is 4.25. The summed E-state index contributed by atoms with van der Waals surface area (Å²) in [6.45, 7) is 1.82. The molecule has 7 heteroatoms. The van der Waals surface area contributed by atoms with Crippen LogP contribution in [0, 0.1) is 10.1 Å². The lowest BCUT2D eigenvalue weighted by Crippen LogP contribution is -2.20. The van der Waals surface area contributed by atoms with Crippen molar-refractivity contribution < 1.29 is 9.72 Å². The molecule has 2 amide bonds. The molecule has 0 aliphatic carbocycles. The summed E-state index contributed by atoms with van der Waals surface area (Å²) >= 11 is 0. The number of nitrogens with zero attached hydrogens (tertiary/aromatic N) is 2. The molecular weight excluding hydrogens is 272 g/mol. The largest absolute Gasteiger partial charge is 0.324 e. The first-order valence-electron chi connectivity index (χ1n) is 6.36. The van der Waals surface area contributed by atoms with Crippen LogP contribution in [0.25, 0.3) is 0 Å². The summed E-state index contributed by atoms with van der Waals surface area (Å²) in [5.74, 6) is 0.424. The van der Waals surface area contributed by atoms with E-state index in [1.807, 2.05) is 6.92 Å². The molecule has 1 aromatic carbocycles. The van der Waals surface area contributed by atoms with Gasteiger partial charge in [0, 0.05) is 23.5 Å². The zero-order valence-corrected chi connectivity index (χ0v) is 11.4. The molecular formula is C14H14N4O3. The van der Waals surface area contributed by atoms with Gasteiger partial charge in [0.25, 0.3) is 5.69 Å². The minimum absolute atomic E-state index is 0.0492. The Morgan fingerprint density at radius 2 is 2.10 bits per heavy atom. The number of benzene rings is 1. The van der Waals surface area contributed by atoms with Gasteiger partial charge in [0.2, 0.25) is 0 Å². The monoisotopic (exact) mass is 286 g/mol. The Hall–Kier alpha value is -2.96. The van der Waals surface area contributed by atoms with Gasteiger partial charge in [0.1, 0.15) is 5.82 Å². The highest BCUT2D eigenvalue weighted by molar-refractivity contribution is 5.99. The van der Waals surface area contributed by atoms with Gasteiger partial charge >= 0.3 is 6.03 Å². The van der Waals surface area contributed by atoms with Crippen molar-refractivity contribution in [2.75, 3.05) is 10.6 Å². The lowest BCUT2D eigenvalue weighted by molar-refractivity contribution is -0.385. The fourth-order valence-electron chi connectivity index (χ4n) is 1.84. The van der Waals surface area contributed by atoms with Gasteiger partial charge in [-0.1, -0.05) is 13.0 Å². The molecule has 1 aromatic heterocycles. The number of carbonyl (C=O) groups is 1. The molecule has 2 rings (SSSR count). The van der Waals surface area contributed by atoms with E-state index in [1.165, 1.54) is 12.1 Å². The van der Waals surface area contributed by atoms with Gasteiger partial charge < -0.3 is 5.32 Å². The van der Waals surface area contributed by atoms with Crippen molar-refractivity contribution in [1.82, 2.24) is 4.98 Å². The van der Waals surface area contributed by atoms with Crippen LogP contribution in [0.4, 0.5) is 22.0 Å². The molecule has 0 saturated carbocycles. The van der Waals surface area contributed by atoms with Crippen LogP contribution in [0.5, 0.6) is 0 Å². The number of urea groups is 1. The fourth-order valence-corrected chi connectivity index (χ4v) is 1.84. The van der Waals surface area contributed by atoms with Crippen molar-refractivity contribution in [2.45, 2.75) is 13.3 Å². The van der Waals surface area contributed by atoms with Gasteiger partial charge in [-0.2, -0.15) is 0 Å². The molecule has 0 radical (unpaired) electrons. The van der Waals surface area contributed by atoms with Crippen LogP contribution in [0.1, 0.15) is 12.5 Å². The minimum Gasteiger partial charge on any atom is -0.308 e. The SMILES string of the molecule is CCc1cc(NC(=O)Nc2ccccn2)ccc1[N+](=O)[O-]. The quantitative estimate of drug-likeness (QED) is 0.666. The third kappa shape index (κ3) is 3.75. The Bertz CT molecular complexity index is 659. The van der Waals surface area contributed by atoms with Crippen molar-refractivity contribution in [3.8, 4) is 0 Å². The van der Waals surface area contributed by atoms with Crippen molar-refractivity contribution in [3.05, 3.63) is 58.3 Å². The molecule has 0 atom stereocenters. The second kappa shape index (κ2) is 6.47. The predicted molar refractivity (Wildman–Crippen MR) is 79.4 cm³/mol. The van der Waals surface area contributed by atoms with Crippen LogP contribution in [0.3, 0.4) is 0 Å². The van der Waals surface area contributed by atoms with Gasteiger partial charge in [0.15, 0.2) is 0 Å². The molecule has 7 nitrogen and oxygen atoms in total. The number of aryl methyl sites for hydroxylation is 1. The van der Waals surface area contributed by atoms with E-state index >= 15 is 0 Å². The number of anilines is 2. The van der Waals surface area contributed by atoms with E-state index in [4.69, 9.17) is 0 Å². The molecule has 2 N–H and O–H groups in total. The van der Waals surface area contributed by atoms with Crippen LogP contribution in [-0.2, 0) is 6.42 Å². The van der Waals surface area contributed by atoms with E-state index < -0.39 is 11.0 Å². The third-order valence-corrected chi connectivity index (χ3v) is 2.82. The highest BCUT2D eigenvalue weighted by Crippen LogP contribution is 2.23. The summed E-state index contributed by atoms with van der Waals surface area (Å²) in [5.41, 5.74) is 1.11.